The van der Waals surface area contributed by atoms with Crippen LogP contribution >= 0.6 is 12.4 Å². The summed E-state index contributed by atoms with van der Waals surface area (Å²) in [5, 5.41) is 18.5. The minimum absolute atomic E-state index is 0. The van der Waals surface area contributed by atoms with Gasteiger partial charge >= 0.3 is 0 Å². The molecule has 0 amide bonds. The van der Waals surface area contributed by atoms with E-state index in [1.165, 1.54) is 42.9 Å². The number of hydrogen-bond donors (Lipinski definition) is 3. The molecule has 5 heteroatoms. The Balaban J connectivity index is 0.00000576. The van der Waals surface area contributed by atoms with E-state index < -0.39 is 13.6 Å². The average Bonchev–Trinajstić information content (AvgIpc) is 2.56. The molecule has 0 bridgehead atoms. The molecular weight excluding hydrogens is 350 g/mol. The highest BCUT2D eigenvalue weighted by Gasteiger charge is 2.22. The van der Waals surface area contributed by atoms with Crippen LogP contribution in [0.2, 0.25) is 25.7 Å². The molecule has 146 valence electrons. The molecule has 0 aliphatic heterocycles. The molecule has 0 atom stereocenters. The lowest BCUT2D eigenvalue weighted by Gasteiger charge is -2.24. The quantitative estimate of drug-likeness (QED) is 0.372. The summed E-state index contributed by atoms with van der Waals surface area (Å²) < 4.78 is 0. The molecule has 0 aliphatic rings. The number of aliphatic hydroxyl groups is 2. The van der Waals surface area contributed by atoms with Crippen molar-refractivity contribution in [3.8, 4) is 0 Å². The molecule has 0 aromatic heterocycles. The molecule has 0 saturated heterocycles. The third-order valence-corrected chi connectivity index (χ3v) is 6.56. The van der Waals surface area contributed by atoms with Gasteiger partial charge in [0.25, 0.3) is 0 Å². The topological polar surface area (TPSA) is 66.5 Å². The van der Waals surface area contributed by atoms with Crippen LogP contribution in [0.5, 0.6) is 0 Å². The zero-order valence-electron chi connectivity index (χ0n) is 16.3. The summed E-state index contributed by atoms with van der Waals surface area (Å²) in [5.41, 5.74) is 7.65. The smallest absolute Gasteiger partial charge is 0.0633 e. The number of nitrogens with two attached hydrogens (primary N) is 1. The summed E-state index contributed by atoms with van der Waals surface area (Å²) in [6.07, 6.45) is 7.89. The fraction of sp³-hybridized carbons (Fsp3) is 0.700. The molecule has 0 spiro atoms. The normalized spacial score (nSPS) is 12.1. The summed E-state index contributed by atoms with van der Waals surface area (Å²) in [7, 11) is -0.855. The predicted octanol–water partition coefficient (Wildman–Crippen LogP) is 4.16. The summed E-state index contributed by atoms with van der Waals surface area (Å²) in [5.74, 6) is 0. The van der Waals surface area contributed by atoms with Crippen LogP contribution < -0.4 is 5.73 Å². The number of hydrogen-bond acceptors (Lipinski definition) is 3. The standard InChI is InChI=1S/C20H37NO2Si.ClH/c1-24(2,3)15-7-5-4-6-8-18-9-11-19(12-10-18)13-14-20(21,16-22)17-23;/h9-12,22-23H,4-8,13-17,21H2,1-3H3;1H. The van der Waals surface area contributed by atoms with E-state index in [1.807, 2.05) is 0 Å². The molecule has 1 aromatic carbocycles. The van der Waals surface area contributed by atoms with Gasteiger partial charge in [-0.1, -0.05) is 69.2 Å². The van der Waals surface area contributed by atoms with Crippen LogP contribution in [-0.4, -0.2) is 37.0 Å². The first-order valence-electron chi connectivity index (χ1n) is 9.36. The average molecular weight is 388 g/mol. The second-order valence-corrected chi connectivity index (χ2v) is 14.1. The van der Waals surface area contributed by atoms with Crippen molar-refractivity contribution in [2.45, 2.75) is 76.2 Å². The maximum Gasteiger partial charge on any atom is 0.0633 e. The third kappa shape index (κ3) is 11.0. The lowest BCUT2D eigenvalue weighted by atomic mass is 9.93. The predicted molar refractivity (Wildman–Crippen MR) is 113 cm³/mol. The first-order valence-corrected chi connectivity index (χ1v) is 13.1. The molecule has 3 nitrogen and oxygen atoms in total. The molecule has 1 rings (SSSR count). The first kappa shape index (κ1) is 24.6. The van der Waals surface area contributed by atoms with Gasteiger partial charge in [0, 0.05) is 8.07 Å². The van der Waals surface area contributed by atoms with E-state index in [1.54, 1.807) is 0 Å². The van der Waals surface area contributed by atoms with E-state index in [0.717, 1.165) is 12.8 Å². The van der Waals surface area contributed by atoms with Crippen LogP contribution in [0.25, 0.3) is 0 Å². The SMILES string of the molecule is C[Si](C)(C)CCCCCCc1ccc(CCC(N)(CO)CO)cc1.Cl. The van der Waals surface area contributed by atoms with Crippen molar-refractivity contribution in [2.24, 2.45) is 5.73 Å². The van der Waals surface area contributed by atoms with E-state index in [4.69, 9.17) is 5.73 Å². The lowest BCUT2D eigenvalue weighted by molar-refractivity contribution is 0.115. The third-order valence-electron chi connectivity index (χ3n) is 4.71. The van der Waals surface area contributed by atoms with Crippen molar-refractivity contribution in [1.82, 2.24) is 0 Å². The van der Waals surface area contributed by atoms with Crippen molar-refractivity contribution in [3.63, 3.8) is 0 Å². The van der Waals surface area contributed by atoms with Crippen LogP contribution in [0.15, 0.2) is 24.3 Å². The van der Waals surface area contributed by atoms with Crippen LogP contribution in [0.4, 0.5) is 0 Å². The molecule has 0 saturated carbocycles. The Hall–Kier alpha value is -0.393. The second-order valence-electron chi connectivity index (χ2n) is 8.47. The summed E-state index contributed by atoms with van der Waals surface area (Å²) in [6, 6.07) is 10.2. The molecule has 4 N–H and O–H groups in total. The Morgan fingerprint density at radius 2 is 1.32 bits per heavy atom. The maximum absolute atomic E-state index is 9.23. The van der Waals surface area contributed by atoms with Gasteiger partial charge < -0.3 is 15.9 Å². The Kier molecular flexibility index (Phi) is 11.9. The first-order chi connectivity index (χ1) is 11.3. The van der Waals surface area contributed by atoms with Crippen LogP contribution in [0, 0.1) is 0 Å². The van der Waals surface area contributed by atoms with Gasteiger partial charge in [-0.2, -0.15) is 0 Å². The molecule has 0 fully saturated rings. The van der Waals surface area contributed by atoms with Crippen molar-refractivity contribution in [3.05, 3.63) is 35.4 Å². The highest BCUT2D eigenvalue weighted by molar-refractivity contribution is 6.76. The van der Waals surface area contributed by atoms with E-state index in [2.05, 4.69) is 43.9 Å². The van der Waals surface area contributed by atoms with E-state index in [0.29, 0.717) is 6.42 Å². The van der Waals surface area contributed by atoms with E-state index in [9.17, 15) is 10.2 Å². The lowest BCUT2D eigenvalue weighted by Crippen LogP contribution is -2.47. The molecule has 0 radical (unpaired) electrons. The fourth-order valence-corrected chi connectivity index (χ4v) is 4.12. The van der Waals surface area contributed by atoms with Crippen LogP contribution in [0.3, 0.4) is 0 Å². The van der Waals surface area contributed by atoms with Gasteiger partial charge in [0.05, 0.1) is 18.8 Å². The van der Waals surface area contributed by atoms with Crippen molar-refractivity contribution in [2.75, 3.05) is 13.2 Å². The van der Waals surface area contributed by atoms with Gasteiger partial charge in [-0.25, -0.2) is 0 Å². The molecule has 0 aliphatic carbocycles. The largest absolute Gasteiger partial charge is 0.394 e. The summed E-state index contributed by atoms with van der Waals surface area (Å²) in [6.45, 7) is 6.98. The van der Waals surface area contributed by atoms with Crippen molar-refractivity contribution < 1.29 is 10.2 Å². The van der Waals surface area contributed by atoms with Crippen molar-refractivity contribution >= 4 is 20.5 Å². The monoisotopic (exact) mass is 387 g/mol. The molecule has 0 heterocycles. The van der Waals surface area contributed by atoms with Crippen LogP contribution in [-0.2, 0) is 12.8 Å². The number of benzene rings is 1. The zero-order valence-corrected chi connectivity index (χ0v) is 18.1. The van der Waals surface area contributed by atoms with E-state index >= 15 is 0 Å². The van der Waals surface area contributed by atoms with E-state index in [-0.39, 0.29) is 25.6 Å². The Bertz CT molecular complexity index is 456. The second kappa shape index (κ2) is 12.1. The Labute approximate surface area is 161 Å². The van der Waals surface area contributed by atoms with Gasteiger partial charge in [0.1, 0.15) is 0 Å². The molecular formula is C20H38ClNO2Si. The number of aliphatic hydroxyl groups excluding tert-OH is 2. The minimum atomic E-state index is -0.866. The Morgan fingerprint density at radius 1 is 0.840 bits per heavy atom. The highest BCUT2D eigenvalue weighted by Crippen LogP contribution is 2.17. The number of unbranched alkanes of at least 4 members (excludes halogenated alkanes) is 3. The molecule has 25 heavy (non-hydrogen) atoms. The molecule has 0 unspecified atom stereocenters. The maximum atomic E-state index is 9.23. The van der Waals surface area contributed by atoms with Crippen LogP contribution in [0.1, 0.15) is 43.2 Å². The van der Waals surface area contributed by atoms with Gasteiger partial charge in [0.2, 0.25) is 0 Å². The minimum Gasteiger partial charge on any atom is -0.394 e. The van der Waals surface area contributed by atoms with Gasteiger partial charge in [-0.15, -0.1) is 12.4 Å². The van der Waals surface area contributed by atoms with Gasteiger partial charge in [-0.05, 0) is 36.8 Å². The van der Waals surface area contributed by atoms with Crippen molar-refractivity contribution in [1.29, 1.82) is 0 Å². The van der Waals surface area contributed by atoms with Gasteiger partial charge in [-0.3, -0.25) is 0 Å². The summed E-state index contributed by atoms with van der Waals surface area (Å²) in [4.78, 5) is 0. The summed E-state index contributed by atoms with van der Waals surface area (Å²) >= 11 is 0. The molecule has 1 aromatic rings. The number of aryl methyl sites for hydroxylation is 2. The zero-order chi connectivity index (χ0) is 18.1. The highest BCUT2D eigenvalue weighted by atomic mass is 35.5. The van der Waals surface area contributed by atoms with Gasteiger partial charge in [0.15, 0.2) is 0 Å². The fourth-order valence-electron chi connectivity index (χ4n) is 2.81. The Morgan fingerprint density at radius 3 is 1.80 bits per heavy atom. The number of halogens is 1. The number of rotatable bonds is 12.